The van der Waals surface area contributed by atoms with Gasteiger partial charge in [0.1, 0.15) is 11.5 Å². The molecule has 0 aliphatic carbocycles. The van der Waals surface area contributed by atoms with E-state index >= 15 is 0 Å². The summed E-state index contributed by atoms with van der Waals surface area (Å²) in [4.78, 5) is 14.2. The zero-order valence-corrected chi connectivity index (χ0v) is 15.1. The Morgan fingerprint density at radius 1 is 1.00 bits per heavy atom. The Labute approximate surface area is 154 Å². The van der Waals surface area contributed by atoms with Gasteiger partial charge in [0.15, 0.2) is 0 Å². The zero-order valence-electron chi connectivity index (χ0n) is 15.1. The normalized spacial score (nSPS) is 12.0. The molecule has 0 fully saturated rings. The van der Waals surface area contributed by atoms with E-state index < -0.39 is 0 Å². The molecule has 0 saturated heterocycles. The minimum Gasteiger partial charge on any atom is -0.469 e. The second kappa shape index (κ2) is 9.09. The van der Waals surface area contributed by atoms with Gasteiger partial charge in [0.25, 0.3) is 0 Å². The first-order valence-electron chi connectivity index (χ1n) is 9.13. The maximum absolute atomic E-state index is 12.4. The van der Waals surface area contributed by atoms with Gasteiger partial charge < -0.3 is 13.7 Å². The summed E-state index contributed by atoms with van der Waals surface area (Å²) in [7, 11) is 0. The lowest BCUT2D eigenvalue weighted by atomic mass is 9.93. The fourth-order valence-corrected chi connectivity index (χ4v) is 3.18. The first-order valence-corrected chi connectivity index (χ1v) is 9.13. The van der Waals surface area contributed by atoms with E-state index in [2.05, 4.69) is 24.3 Å². The minimum atomic E-state index is 0.138. The van der Waals surface area contributed by atoms with Crippen LogP contribution in [-0.2, 0) is 17.8 Å². The number of amides is 1. The molecule has 0 saturated carbocycles. The minimum absolute atomic E-state index is 0.138. The topological polar surface area (TPSA) is 46.6 Å². The molecule has 2 heterocycles. The number of carbonyl (C=O) groups excluding carboxylic acids is 1. The molecule has 26 heavy (non-hydrogen) atoms. The highest BCUT2D eigenvalue weighted by molar-refractivity contribution is 5.75. The molecule has 4 heteroatoms. The molecule has 2 aromatic heterocycles. The number of rotatable bonds is 9. The number of furan rings is 2. The number of nitrogens with zero attached hydrogens (tertiary/aromatic N) is 1. The van der Waals surface area contributed by atoms with Crippen LogP contribution in [0.3, 0.4) is 0 Å². The van der Waals surface area contributed by atoms with Crippen molar-refractivity contribution >= 4 is 5.91 Å². The highest BCUT2D eigenvalue weighted by Gasteiger charge is 2.20. The lowest BCUT2D eigenvalue weighted by Gasteiger charge is -2.24. The Bertz CT molecular complexity index is 763. The molecule has 1 amide bonds. The van der Waals surface area contributed by atoms with E-state index in [4.69, 9.17) is 8.83 Å². The third-order valence-corrected chi connectivity index (χ3v) is 4.60. The lowest BCUT2D eigenvalue weighted by Crippen LogP contribution is -2.31. The third-order valence-electron chi connectivity index (χ3n) is 4.60. The predicted octanol–water partition coefficient (Wildman–Crippen LogP) is 5.03. The molecule has 4 nitrogen and oxygen atoms in total. The highest BCUT2D eigenvalue weighted by Crippen LogP contribution is 2.26. The standard InChI is InChI=1S/C22H25NO3/c1-2-22(24)23(17-20-10-6-14-25-20)13-12-19(21-11-7-15-26-21)16-18-8-4-3-5-9-18/h3-11,14-15,19H,2,12-13,16-17H2,1H3/t19-/m0/s1. The van der Waals surface area contributed by atoms with Crippen LogP contribution >= 0.6 is 0 Å². The smallest absolute Gasteiger partial charge is 0.222 e. The van der Waals surface area contributed by atoms with Crippen LogP contribution in [0.15, 0.2) is 76.0 Å². The van der Waals surface area contributed by atoms with E-state index in [0.29, 0.717) is 19.5 Å². The average molecular weight is 351 g/mol. The lowest BCUT2D eigenvalue weighted by molar-refractivity contribution is -0.131. The first-order chi connectivity index (χ1) is 12.8. The van der Waals surface area contributed by atoms with Crippen LogP contribution in [0.1, 0.15) is 42.8 Å². The Hall–Kier alpha value is -2.75. The molecule has 0 spiro atoms. The van der Waals surface area contributed by atoms with E-state index in [1.54, 1.807) is 12.5 Å². The number of hydrogen-bond donors (Lipinski definition) is 0. The summed E-state index contributed by atoms with van der Waals surface area (Å²) >= 11 is 0. The molecule has 0 aliphatic rings. The monoisotopic (exact) mass is 351 g/mol. The van der Waals surface area contributed by atoms with Crippen LogP contribution in [0.25, 0.3) is 0 Å². The molecule has 0 unspecified atom stereocenters. The van der Waals surface area contributed by atoms with Gasteiger partial charge in [-0.05, 0) is 42.7 Å². The molecule has 3 rings (SSSR count). The highest BCUT2D eigenvalue weighted by atomic mass is 16.3. The molecule has 0 radical (unpaired) electrons. The summed E-state index contributed by atoms with van der Waals surface area (Å²) in [6, 6.07) is 18.1. The summed E-state index contributed by atoms with van der Waals surface area (Å²) in [6.07, 6.45) is 5.58. The molecular formula is C22H25NO3. The summed E-state index contributed by atoms with van der Waals surface area (Å²) in [5.41, 5.74) is 1.27. The quantitative estimate of drug-likeness (QED) is 0.543. The van der Waals surface area contributed by atoms with Crippen LogP contribution in [-0.4, -0.2) is 17.4 Å². The zero-order chi connectivity index (χ0) is 18.2. The van der Waals surface area contributed by atoms with E-state index in [0.717, 1.165) is 24.4 Å². The molecular weight excluding hydrogens is 326 g/mol. The molecule has 1 atom stereocenters. The Kier molecular flexibility index (Phi) is 6.31. The first kappa shape index (κ1) is 18.1. The summed E-state index contributed by atoms with van der Waals surface area (Å²) in [5.74, 6) is 2.15. The maximum atomic E-state index is 12.4. The maximum Gasteiger partial charge on any atom is 0.222 e. The SMILES string of the molecule is CCC(=O)N(CC[C@@H](Cc1ccccc1)c1ccco1)Cc1ccco1. The van der Waals surface area contributed by atoms with Gasteiger partial charge in [0, 0.05) is 18.9 Å². The van der Waals surface area contributed by atoms with Crippen molar-refractivity contribution in [2.24, 2.45) is 0 Å². The van der Waals surface area contributed by atoms with Gasteiger partial charge in [-0.1, -0.05) is 37.3 Å². The second-order valence-corrected chi connectivity index (χ2v) is 6.44. The average Bonchev–Trinajstić information content (AvgIpc) is 3.38. The van der Waals surface area contributed by atoms with Crippen LogP contribution in [0.5, 0.6) is 0 Å². The van der Waals surface area contributed by atoms with Crippen LogP contribution in [0.2, 0.25) is 0 Å². The number of carbonyl (C=O) groups is 1. The molecule has 136 valence electrons. The Morgan fingerprint density at radius 3 is 2.42 bits per heavy atom. The molecule has 3 aromatic rings. The summed E-state index contributed by atoms with van der Waals surface area (Å²) in [5, 5.41) is 0. The van der Waals surface area contributed by atoms with Gasteiger partial charge in [0.2, 0.25) is 5.91 Å². The van der Waals surface area contributed by atoms with Crippen molar-refractivity contribution in [1.82, 2.24) is 4.90 Å². The van der Waals surface area contributed by atoms with Gasteiger partial charge in [-0.3, -0.25) is 4.79 Å². The van der Waals surface area contributed by atoms with Gasteiger partial charge in [-0.2, -0.15) is 0 Å². The van der Waals surface area contributed by atoms with Gasteiger partial charge >= 0.3 is 0 Å². The van der Waals surface area contributed by atoms with Crippen molar-refractivity contribution in [3.8, 4) is 0 Å². The fraction of sp³-hybridized carbons (Fsp3) is 0.318. The van der Waals surface area contributed by atoms with Crippen molar-refractivity contribution in [2.45, 2.75) is 38.6 Å². The molecule has 0 bridgehead atoms. The molecule has 0 N–H and O–H groups in total. The van der Waals surface area contributed by atoms with Gasteiger partial charge in [-0.25, -0.2) is 0 Å². The van der Waals surface area contributed by atoms with Crippen molar-refractivity contribution in [3.63, 3.8) is 0 Å². The third kappa shape index (κ3) is 4.88. The van der Waals surface area contributed by atoms with E-state index in [1.807, 2.05) is 42.2 Å². The van der Waals surface area contributed by atoms with Crippen molar-refractivity contribution in [2.75, 3.05) is 6.54 Å². The van der Waals surface area contributed by atoms with Crippen molar-refractivity contribution < 1.29 is 13.6 Å². The summed E-state index contributed by atoms with van der Waals surface area (Å²) < 4.78 is 11.1. The Balaban J connectivity index is 1.69. The van der Waals surface area contributed by atoms with Gasteiger partial charge in [-0.15, -0.1) is 0 Å². The van der Waals surface area contributed by atoms with E-state index in [1.165, 1.54) is 5.56 Å². The molecule has 1 aromatic carbocycles. The molecule has 0 aliphatic heterocycles. The van der Waals surface area contributed by atoms with E-state index in [-0.39, 0.29) is 11.8 Å². The summed E-state index contributed by atoms with van der Waals surface area (Å²) in [6.45, 7) is 3.08. The van der Waals surface area contributed by atoms with Crippen molar-refractivity contribution in [1.29, 1.82) is 0 Å². The predicted molar refractivity (Wildman–Crippen MR) is 101 cm³/mol. The number of hydrogen-bond acceptors (Lipinski definition) is 3. The van der Waals surface area contributed by atoms with E-state index in [9.17, 15) is 4.79 Å². The van der Waals surface area contributed by atoms with Gasteiger partial charge in [0.05, 0.1) is 19.1 Å². The number of benzene rings is 1. The Morgan fingerprint density at radius 2 is 1.77 bits per heavy atom. The van der Waals surface area contributed by atoms with Crippen LogP contribution < -0.4 is 0 Å². The fourth-order valence-electron chi connectivity index (χ4n) is 3.18. The van der Waals surface area contributed by atoms with Crippen LogP contribution in [0, 0.1) is 0 Å². The van der Waals surface area contributed by atoms with Crippen molar-refractivity contribution in [3.05, 3.63) is 84.2 Å². The van der Waals surface area contributed by atoms with Crippen LogP contribution in [0.4, 0.5) is 0 Å². The largest absolute Gasteiger partial charge is 0.469 e. The second-order valence-electron chi connectivity index (χ2n) is 6.44.